The van der Waals surface area contributed by atoms with Crippen LogP contribution in [0.5, 0.6) is 0 Å². The molecular formula is C11H14N8O. The minimum Gasteiger partial charge on any atom is -0.368 e. The Morgan fingerprint density at radius 2 is 2.35 bits per heavy atom. The number of nitrogens with one attached hydrogen (secondary N) is 2. The second-order valence-electron chi connectivity index (χ2n) is 4.45. The molecular weight excluding hydrogens is 260 g/mol. The summed E-state index contributed by atoms with van der Waals surface area (Å²) < 4.78 is 1.50. The molecule has 2 aromatic heterocycles. The molecule has 0 aliphatic carbocycles. The third-order valence-electron chi connectivity index (χ3n) is 2.94. The predicted molar refractivity (Wildman–Crippen MR) is 71.0 cm³/mol. The Hall–Kier alpha value is -2.71. The lowest BCUT2D eigenvalue weighted by molar-refractivity contribution is -0.119. The zero-order valence-corrected chi connectivity index (χ0v) is 10.7. The van der Waals surface area contributed by atoms with Crippen LogP contribution in [0.1, 0.15) is 12.8 Å². The van der Waals surface area contributed by atoms with E-state index in [1.165, 1.54) is 4.68 Å². The first-order valence-corrected chi connectivity index (χ1v) is 6.25. The second-order valence-corrected chi connectivity index (χ2v) is 4.45. The van der Waals surface area contributed by atoms with Crippen LogP contribution in [-0.4, -0.2) is 43.2 Å². The summed E-state index contributed by atoms with van der Waals surface area (Å²) in [6, 6.07) is 1.86. The van der Waals surface area contributed by atoms with Gasteiger partial charge in [0.25, 0.3) is 5.95 Å². The number of amides is 1. The maximum atomic E-state index is 11.1. The number of hydrogen-bond acceptors (Lipinski definition) is 7. The molecule has 0 saturated carbocycles. The molecule has 0 aromatic carbocycles. The van der Waals surface area contributed by atoms with Crippen molar-refractivity contribution in [2.45, 2.75) is 18.9 Å². The first-order valence-electron chi connectivity index (χ1n) is 6.25. The van der Waals surface area contributed by atoms with Gasteiger partial charge in [-0.25, -0.2) is 4.68 Å². The van der Waals surface area contributed by atoms with Crippen molar-refractivity contribution in [2.75, 3.05) is 17.6 Å². The first kappa shape index (κ1) is 12.3. The van der Waals surface area contributed by atoms with E-state index in [1.807, 2.05) is 0 Å². The van der Waals surface area contributed by atoms with Crippen LogP contribution < -0.4 is 16.4 Å². The van der Waals surface area contributed by atoms with Crippen molar-refractivity contribution in [3.05, 3.63) is 18.5 Å². The molecule has 4 N–H and O–H groups in total. The molecule has 3 heterocycles. The average Bonchev–Trinajstić information content (AvgIpc) is 3.07. The van der Waals surface area contributed by atoms with Gasteiger partial charge in [-0.3, -0.25) is 4.79 Å². The number of nitrogens with zero attached hydrogens (tertiary/aromatic N) is 5. The summed E-state index contributed by atoms with van der Waals surface area (Å²) in [6.45, 7) is 0.549. The quantitative estimate of drug-likeness (QED) is 0.675. The third kappa shape index (κ3) is 2.66. The number of carbonyl (C=O) groups excluding carboxylic acids is 1. The summed E-state index contributed by atoms with van der Waals surface area (Å²) in [4.78, 5) is 23.4. The van der Waals surface area contributed by atoms with Crippen LogP contribution in [-0.2, 0) is 4.79 Å². The van der Waals surface area contributed by atoms with Gasteiger partial charge in [0.15, 0.2) is 0 Å². The maximum absolute atomic E-state index is 11.1. The van der Waals surface area contributed by atoms with Crippen LogP contribution in [0, 0.1) is 0 Å². The van der Waals surface area contributed by atoms with Gasteiger partial charge in [-0.2, -0.15) is 20.1 Å². The molecule has 1 saturated heterocycles. The topological polar surface area (TPSA) is 124 Å². The molecule has 1 atom stereocenters. The van der Waals surface area contributed by atoms with Crippen molar-refractivity contribution in [2.24, 2.45) is 0 Å². The zero-order valence-electron chi connectivity index (χ0n) is 10.7. The van der Waals surface area contributed by atoms with E-state index in [0.29, 0.717) is 24.9 Å². The van der Waals surface area contributed by atoms with Gasteiger partial charge in [0, 0.05) is 31.4 Å². The molecule has 3 rings (SSSR count). The third-order valence-corrected chi connectivity index (χ3v) is 2.94. The van der Waals surface area contributed by atoms with Crippen LogP contribution in [0.15, 0.2) is 18.5 Å². The fraction of sp³-hybridized carbons (Fsp3) is 0.364. The van der Waals surface area contributed by atoms with Crippen LogP contribution in [0.2, 0.25) is 0 Å². The van der Waals surface area contributed by atoms with E-state index in [4.69, 9.17) is 5.73 Å². The molecule has 0 spiro atoms. The SMILES string of the molecule is Nc1nc(NCC2CCC(=O)N2)nc(-n2cccn2)n1. The lowest BCUT2D eigenvalue weighted by atomic mass is 10.2. The van der Waals surface area contributed by atoms with Crippen LogP contribution in [0.4, 0.5) is 11.9 Å². The minimum atomic E-state index is 0.0733. The summed E-state index contributed by atoms with van der Waals surface area (Å²) >= 11 is 0. The second kappa shape index (κ2) is 5.11. The largest absolute Gasteiger partial charge is 0.368 e. The summed E-state index contributed by atoms with van der Waals surface area (Å²) in [5.41, 5.74) is 5.66. The van der Waals surface area contributed by atoms with E-state index in [1.54, 1.807) is 18.5 Å². The van der Waals surface area contributed by atoms with Crippen molar-refractivity contribution in [1.29, 1.82) is 0 Å². The van der Waals surface area contributed by atoms with E-state index < -0.39 is 0 Å². The van der Waals surface area contributed by atoms with E-state index in [0.717, 1.165) is 6.42 Å². The van der Waals surface area contributed by atoms with Gasteiger partial charge in [-0.05, 0) is 12.5 Å². The van der Waals surface area contributed by atoms with Crippen LogP contribution in [0.25, 0.3) is 5.95 Å². The fourth-order valence-electron chi connectivity index (χ4n) is 1.99. The molecule has 9 heteroatoms. The molecule has 1 aliphatic rings. The number of aromatic nitrogens is 5. The minimum absolute atomic E-state index is 0.0733. The molecule has 1 amide bonds. The lowest BCUT2D eigenvalue weighted by Crippen LogP contribution is -2.32. The highest BCUT2D eigenvalue weighted by molar-refractivity contribution is 5.78. The van der Waals surface area contributed by atoms with Crippen LogP contribution in [0.3, 0.4) is 0 Å². The van der Waals surface area contributed by atoms with Gasteiger partial charge in [-0.1, -0.05) is 0 Å². The monoisotopic (exact) mass is 274 g/mol. The fourth-order valence-corrected chi connectivity index (χ4v) is 1.99. The summed E-state index contributed by atoms with van der Waals surface area (Å²) in [7, 11) is 0. The first-order chi connectivity index (χ1) is 9.70. The predicted octanol–water partition coefficient (Wildman–Crippen LogP) is -0.670. The Balaban J connectivity index is 1.71. The van der Waals surface area contributed by atoms with Crippen molar-refractivity contribution in [3.8, 4) is 5.95 Å². The van der Waals surface area contributed by atoms with Crippen molar-refractivity contribution in [3.63, 3.8) is 0 Å². The number of hydrogen-bond donors (Lipinski definition) is 3. The van der Waals surface area contributed by atoms with Gasteiger partial charge in [0.2, 0.25) is 17.8 Å². The normalized spacial score (nSPS) is 18.0. The Kier molecular flexibility index (Phi) is 3.15. The highest BCUT2D eigenvalue weighted by Crippen LogP contribution is 2.09. The summed E-state index contributed by atoms with van der Waals surface area (Å²) in [5.74, 6) is 0.900. The Morgan fingerprint density at radius 1 is 1.45 bits per heavy atom. The number of carbonyl (C=O) groups is 1. The van der Waals surface area contributed by atoms with E-state index in [2.05, 4.69) is 30.7 Å². The van der Waals surface area contributed by atoms with Gasteiger partial charge < -0.3 is 16.4 Å². The highest BCUT2D eigenvalue weighted by atomic mass is 16.1. The number of anilines is 2. The number of nitrogen functional groups attached to an aromatic ring is 1. The van der Waals surface area contributed by atoms with E-state index in [9.17, 15) is 4.79 Å². The molecule has 104 valence electrons. The van der Waals surface area contributed by atoms with Crippen molar-refractivity contribution >= 4 is 17.8 Å². The smallest absolute Gasteiger partial charge is 0.257 e. The summed E-state index contributed by atoms with van der Waals surface area (Å²) in [5, 5.41) is 9.95. The molecule has 1 unspecified atom stereocenters. The molecule has 1 aliphatic heterocycles. The van der Waals surface area contributed by atoms with Gasteiger partial charge in [0.1, 0.15) is 0 Å². The molecule has 20 heavy (non-hydrogen) atoms. The Bertz CT molecular complexity index is 611. The standard InChI is InChI=1S/C11H14N8O/c12-9-16-10(13-6-7-2-3-8(20)15-7)18-11(17-9)19-5-1-4-14-19/h1,4-5,7H,2-3,6H2,(H,15,20)(H3,12,13,16,17,18). The molecule has 2 aromatic rings. The lowest BCUT2D eigenvalue weighted by Gasteiger charge is -2.11. The Labute approximate surface area is 114 Å². The van der Waals surface area contributed by atoms with Gasteiger partial charge >= 0.3 is 0 Å². The summed E-state index contributed by atoms with van der Waals surface area (Å²) in [6.07, 6.45) is 4.71. The maximum Gasteiger partial charge on any atom is 0.257 e. The van der Waals surface area contributed by atoms with Gasteiger partial charge in [0.05, 0.1) is 0 Å². The van der Waals surface area contributed by atoms with E-state index >= 15 is 0 Å². The zero-order chi connectivity index (χ0) is 13.9. The van der Waals surface area contributed by atoms with Crippen molar-refractivity contribution < 1.29 is 4.79 Å². The molecule has 9 nitrogen and oxygen atoms in total. The number of nitrogens with two attached hydrogens (primary N) is 1. The van der Waals surface area contributed by atoms with Crippen molar-refractivity contribution in [1.82, 2.24) is 30.0 Å². The Morgan fingerprint density at radius 3 is 3.05 bits per heavy atom. The molecule has 0 bridgehead atoms. The highest BCUT2D eigenvalue weighted by Gasteiger charge is 2.20. The van der Waals surface area contributed by atoms with Gasteiger partial charge in [-0.15, -0.1) is 0 Å². The molecule has 1 fully saturated rings. The average molecular weight is 274 g/mol. The molecule has 0 radical (unpaired) electrons. The van der Waals surface area contributed by atoms with E-state index in [-0.39, 0.29) is 17.9 Å². The number of rotatable bonds is 4. The van der Waals surface area contributed by atoms with Crippen LogP contribution >= 0.6 is 0 Å².